The Morgan fingerprint density at radius 1 is 1.33 bits per heavy atom. The van der Waals surface area contributed by atoms with E-state index in [1.807, 2.05) is 13.8 Å². The fraction of sp³-hybridized carbons (Fsp3) is 0.188. The van der Waals surface area contributed by atoms with E-state index < -0.39 is 5.97 Å². The fourth-order valence-corrected chi connectivity index (χ4v) is 3.28. The van der Waals surface area contributed by atoms with Gasteiger partial charge in [-0.05, 0) is 12.1 Å². The molecule has 0 aliphatic rings. The Kier molecular flexibility index (Phi) is 5.88. The summed E-state index contributed by atoms with van der Waals surface area (Å²) in [5.41, 5.74) is 1.14. The molecule has 0 spiro atoms. The largest absolute Gasteiger partial charge is 1.00 e. The van der Waals surface area contributed by atoms with E-state index in [4.69, 9.17) is 11.6 Å². The van der Waals surface area contributed by atoms with Crippen LogP contribution in [-0.2, 0) is 0 Å². The number of fused-ring (bicyclic) bond motifs is 1. The van der Waals surface area contributed by atoms with E-state index in [-0.39, 0.29) is 47.0 Å². The van der Waals surface area contributed by atoms with Crippen LogP contribution >= 0.6 is 22.9 Å². The minimum Gasteiger partial charge on any atom is -0.543 e. The quantitative estimate of drug-likeness (QED) is 0.476. The van der Waals surface area contributed by atoms with Gasteiger partial charge in [-0.15, -0.1) is 11.3 Å². The van der Waals surface area contributed by atoms with Crippen molar-refractivity contribution in [2.75, 3.05) is 0 Å². The minimum absolute atomic E-state index is 0. The molecule has 0 radical (unpaired) electrons. The van der Waals surface area contributed by atoms with Crippen LogP contribution in [-0.4, -0.2) is 21.3 Å². The van der Waals surface area contributed by atoms with Crippen LogP contribution in [0.25, 0.3) is 16.0 Å². The van der Waals surface area contributed by atoms with Gasteiger partial charge in [0, 0.05) is 33.5 Å². The van der Waals surface area contributed by atoms with Crippen LogP contribution in [0, 0.1) is 5.92 Å². The Hall–Kier alpha value is -1.18. The molecule has 3 rings (SSSR count). The van der Waals surface area contributed by atoms with E-state index in [9.17, 15) is 14.7 Å². The second kappa shape index (κ2) is 7.37. The number of benzene rings is 1. The number of ketones is 1. The summed E-state index contributed by atoms with van der Waals surface area (Å²) in [5.74, 6) is -1.48. The van der Waals surface area contributed by atoms with E-state index in [2.05, 4.69) is 4.98 Å². The molecular weight excluding hydrogens is 359 g/mol. The second-order valence-electron chi connectivity index (χ2n) is 5.40. The van der Waals surface area contributed by atoms with Gasteiger partial charge in [-0.1, -0.05) is 31.5 Å². The average molecular weight is 371 g/mol. The summed E-state index contributed by atoms with van der Waals surface area (Å²) in [6.45, 7) is 3.66. The number of carboxylic acids is 1. The normalized spacial score (nSPS) is 10.8. The predicted molar refractivity (Wildman–Crippen MR) is 87.5 cm³/mol. The number of carbonyl (C=O) groups excluding carboxylic acids is 2. The molecule has 0 saturated heterocycles. The van der Waals surface area contributed by atoms with E-state index in [0.29, 0.717) is 21.2 Å². The first-order valence-electron chi connectivity index (χ1n) is 6.90. The smallest absolute Gasteiger partial charge is 0.543 e. The summed E-state index contributed by atoms with van der Waals surface area (Å²) in [6.07, 6.45) is 1.68. The van der Waals surface area contributed by atoms with Crippen LogP contribution in [0.5, 0.6) is 0 Å². The molecule has 0 bridgehead atoms. The molecule has 0 aliphatic carbocycles. The van der Waals surface area contributed by atoms with Gasteiger partial charge in [-0.2, -0.15) is 0 Å². The molecule has 24 heavy (non-hydrogen) atoms. The van der Waals surface area contributed by atoms with E-state index in [1.165, 1.54) is 5.38 Å². The third-order valence-corrected chi connectivity index (χ3v) is 4.54. The molecule has 0 unspecified atom stereocenters. The zero-order valence-electron chi connectivity index (χ0n) is 13.4. The van der Waals surface area contributed by atoms with Crippen molar-refractivity contribution in [2.24, 2.45) is 5.92 Å². The van der Waals surface area contributed by atoms with Gasteiger partial charge in [0.25, 0.3) is 0 Å². The molecule has 0 N–H and O–H groups in total. The Bertz CT molecular complexity index is 933. The minimum atomic E-state index is -1.33. The van der Waals surface area contributed by atoms with E-state index in [0.717, 1.165) is 16.7 Å². The zero-order chi connectivity index (χ0) is 16.7. The monoisotopic (exact) mass is 370 g/mol. The maximum atomic E-state index is 12.4. The third-order valence-electron chi connectivity index (χ3n) is 3.46. The number of aromatic nitrogens is 2. The van der Waals surface area contributed by atoms with E-state index >= 15 is 0 Å². The number of hydrogen-bond donors (Lipinski definition) is 0. The van der Waals surface area contributed by atoms with Gasteiger partial charge in [0.2, 0.25) is 0 Å². The van der Waals surface area contributed by atoms with Crippen LogP contribution < -0.4 is 34.7 Å². The van der Waals surface area contributed by atoms with Crippen molar-refractivity contribution in [3.8, 4) is 5.13 Å². The Morgan fingerprint density at radius 2 is 2.04 bits per heavy atom. The van der Waals surface area contributed by atoms with Crippen LogP contribution in [0.1, 0.15) is 34.7 Å². The molecule has 8 heteroatoms. The molecule has 0 fully saturated rings. The average Bonchev–Trinajstić information content (AvgIpc) is 3.10. The molecule has 0 saturated carbocycles. The van der Waals surface area contributed by atoms with Crippen molar-refractivity contribution >= 4 is 45.6 Å². The molecule has 118 valence electrons. The number of aromatic carboxylic acids is 1. The van der Waals surface area contributed by atoms with Gasteiger partial charge in [0.15, 0.2) is 10.9 Å². The van der Waals surface area contributed by atoms with Crippen LogP contribution in [0.3, 0.4) is 0 Å². The number of rotatable bonds is 4. The summed E-state index contributed by atoms with van der Waals surface area (Å²) < 4.78 is 1.69. The first-order chi connectivity index (χ1) is 10.9. The van der Waals surface area contributed by atoms with Crippen molar-refractivity contribution in [3.63, 3.8) is 0 Å². The van der Waals surface area contributed by atoms with Crippen LogP contribution in [0.15, 0.2) is 29.8 Å². The number of thiazole rings is 1. The molecule has 0 amide bonds. The van der Waals surface area contributed by atoms with Crippen molar-refractivity contribution in [2.45, 2.75) is 13.8 Å². The van der Waals surface area contributed by atoms with Crippen molar-refractivity contribution in [1.82, 2.24) is 9.55 Å². The SMILES string of the molecule is CC(C)C(=O)c1cn(-c2nc(C(=O)[O-])cs2)c2cc(Cl)ccc12.[Na+]. The molecule has 0 aliphatic heterocycles. The van der Waals surface area contributed by atoms with Crippen molar-refractivity contribution in [1.29, 1.82) is 0 Å². The first-order valence-corrected chi connectivity index (χ1v) is 8.16. The zero-order valence-corrected chi connectivity index (χ0v) is 16.9. The number of carbonyl (C=O) groups is 2. The van der Waals surface area contributed by atoms with E-state index in [1.54, 1.807) is 29.0 Å². The molecule has 1 aromatic carbocycles. The van der Waals surface area contributed by atoms with Gasteiger partial charge < -0.3 is 9.90 Å². The Labute approximate surface area is 169 Å². The first kappa shape index (κ1) is 19.1. The standard InChI is InChI=1S/C16H13ClN2O3S.Na/c1-8(2)14(20)11-6-19(13-5-9(17)3-4-10(11)13)16-18-12(7-23-16)15(21)22;/h3-8H,1-2H3,(H,21,22);/q;+1/p-1. The molecule has 2 aromatic heterocycles. The van der Waals surface area contributed by atoms with Gasteiger partial charge >= 0.3 is 29.6 Å². The van der Waals surface area contributed by atoms with Crippen LogP contribution in [0.4, 0.5) is 0 Å². The maximum absolute atomic E-state index is 12.4. The van der Waals surface area contributed by atoms with Gasteiger partial charge in [-0.3, -0.25) is 9.36 Å². The summed E-state index contributed by atoms with van der Waals surface area (Å²) in [6, 6.07) is 5.24. The topological polar surface area (TPSA) is 75.0 Å². The van der Waals surface area contributed by atoms with Gasteiger partial charge in [-0.25, -0.2) is 4.98 Å². The summed E-state index contributed by atoms with van der Waals surface area (Å²) >= 11 is 7.23. The second-order valence-corrected chi connectivity index (χ2v) is 6.67. The molecule has 5 nitrogen and oxygen atoms in total. The molecular formula is C16H12ClN2NaO3S. The van der Waals surface area contributed by atoms with Gasteiger partial charge in [0.05, 0.1) is 17.2 Å². The molecule has 2 heterocycles. The van der Waals surface area contributed by atoms with Crippen molar-refractivity contribution in [3.05, 3.63) is 46.1 Å². The number of hydrogen-bond acceptors (Lipinski definition) is 5. The maximum Gasteiger partial charge on any atom is 1.00 e. The molecule has 0 atom stereocenters. The van der Waals surface area contributed by atoms with Crippen LogP contribution in [0.2, 0.25) is 5.02 Å². The van der Waals surface area contributed by atoms with Crippen molar-refractivity contribution < 1.29 is 44.3 Å². The third kappa shape index (κ3) is 3.43. The Balaban J connectivity index is 0.00000208. The summed E-state index contributed by atoms with van der Waals surface area (Å²) in [4.78, 5) is 27.4. The number of Topliss-reactive ketones (excluding diaryl/α,β-unsaturated/α-hetero) is 1. The summed E-state index contributed by atoms with van der Waals surface area (Å²) in [7, 11) is 0. The number of carboxylic acid groups (broad SMARTS) is 1. The number of nitrogens with zero attached hydrogens (tertiary/aromatic N) is 2. The molecule has 3 aromatic rings. The number of halogens is 1. The van der Waals surface area contributed by atoms with Gasteiger partial charge in [0.1, 0.15) is 0 Å². The predicted octanol–water partition coefficient (Wildman–Crippen LogP) is -0.0534. The Morgan fingerprint density at radius 3 is 2.62 bits per heavy atom. The fourth-order valence-electron chi connectivity index (χ4n) is 2.33. The summed E-state index contributed by atoms with van der Waals surface area (Å²) in [5, 5.41) is 14.1.